The van der Waals surface area contributed by atoms with Crippen LogP contribution in [-0.2, 0) is 0 Å². The quantitative estimate of drug-likeness (QED) is 0.661. The van der Waals surface area contributed by atoms with Gasteiger partial charge >= 0.3 is 0 Å². The van der Waals surface area contributed by atoms with Crippen molar-refractivity contribution in [1.82, 2.24) is 5.32 Å². The molecule has 0 aromatic heterocycles. The molecule has 3 N–H and O–H groups in total. The minimum atomic E-state index is 0.413. The Labute approximate surface area is 89.6 Å². The Morgan fingerprint density at radius 3 is 2.21 bits per heavy atom. The summed E-state index contributed by atoms with van der Waals surface area (Å²) >= 11 is 0. The second-order valence-electron chi connectivity index (χ2n) is 5.39. The van der Waals surface area contributed by atoms with Crippen LogP contribution in [0.3, 0.4) is 0 Å². The summed E-state index contributed by atoms with van der Waals surface area (Å²) < 4.78 is 0. The maximum absolute atomic E-state index is 5.72. The van der Waals surface area contributed by atoms with E-state index in [2.05, 4.69) is 39.9 Å². The number of rotatable bonds is 7. The summed E-state index contributed by atoms with van der Waals surface area (Å²) in [6.45, 7) is 14.3. The van der Waals surface area contributed by atoms with E-state index in [1.807, 2.05) is 0 Å². The van der Waals surface area contributed by atoms with E-state index in [1.54, 1.807) is 0 Å². The molecule has 86 valence electrons. The zero-order valence-corrected chi connectivity index (χ0v) is 10.6. The van der Waals surface area contributed by atoms with E-state index in [0.29, 0.717) is 17.3 Å². The van der Waals surface area contributed by atoms with Crippen LogP contribution in [0.1, 0.15) is 41.0 Å². The second kappa shape index (κ2) is 6.41. The number of hydrogen-bond acceptors (Lipinski definition) is 2. The average Bonchev–Trinajstić information content (AvgIpc) is 2.12. The lowest BCUT2D eigenvalue weighted by Gasteiger charge is -2.26. The highest BCUT2D eigenvalue weighted by molar-refractivity contribution is 4.72. The Kier molecular flexibility index (Phi) is 6.38. The molecule has 0 radical (unpaired) electrons. The van der Waals surface area contributed by atoms with Crippen LogP contribution in [0.15, 0.2) is 0 Å². The van der Waals surface area contributed by atoms with Gasteiger partial charge in [0.1, 0.15) is 0 Å². The normalized spacial score (nSPS) is 14.8. The SMILES string of the molecule is CCC(C)(C)CNCC(CN)C(C)C. The fraction of sp³-hybridized carbons (Fsp3) is 1.00. The van der Waals surface area contributed by atoms with Crippen molar-refractivity contribution in [2.24, 2.45) is 23.0 Å². The topological polar surface area (TPSA) is 38.0 Å². The fourth-order valence-corrected chi connectivity index (χ4v) is 1.31. The van der Waals surface area contributed by atoms with E-state index in [4.69, 9.17) is 5.73 Å². The van der Waals surface area contributed by atoms with Crippen LogP contribution in [-0.4, -0.2) is 19.6 Å². The molecule has 1 atom stereocenters. The van der Waals surface area contributed by atoms with Gasteiger partial charge in [-0.3, -0.25) is 0 Å². The third kappa shape index (κ3) is 5.61. The van der Waals surface area contributed by atoms with Crippen LogP contribution in [0.5, 0.6) is 0 Å². The molecule has 0 fully saturated rings. The molecule has 0 aliphatic rings. The van der Waals surface area contributed by atoms with E-state index in [1.165, 1.54) is 6.42 Å². The zero-order valence-electron chi connectivity index (χ0n) is 10.6. The Morgan fingerprint density at radius 1 is 1.29 bits per heavy atom. The van der Waals surface area contributed by atoms with Crippen molar-refractivity contribution in [3.8, 4) is 0 Å². The molecule has 0 aromatic carbocycles. The second-order valence-corrected chi connectivity index (χ2v) is 5.39. The van der Waals surface area contributed by atoms with Gasteiger partial charge in [-0.05, 0) is 36.8 Å². The smallest absolute Gasteiger partial charge is 0.000254 e. The third-order valence-electron chi connectivity index (χ3n) is 3.21. The van der Waals surface area contributed by atoms with E-state index in [0.717, 1.165) is 19.6 Å². The van der Waals surface area contributed by atoms with Gasteiger partial charge in [-0.25, -0.2) is 0 Å². The number of hydrogen-bond donors (Lipinski definition) is 2. The van der Waals surface area contributed by atoms with E-state index >= 15 is 0 Å². The van der Waals surface area contributed by atoms with Crippen molar-refractivity contribution in [2.75, 3.05) is 19.6 Å². The molecule has 0 aliphatic carbocycles. The van der Waals surface area contributed by atoms with Crippen LogP contribution in [0.4, 0.5) is 0 Å². The first-order valence-electron chi connectivity index (χ1n) is 5.83. The van der Waals surface area contributed by atoms with Gasteiger partial charge in [0, 0.05) is 6.54 Å². The van der Waals surface area contributed by atoms with Gasteiger partial charge in [-0.1, -0.05) is 34.6 Å². The highest BCUT2D eigenvalue weighted by Gasteiger charge is 2.16. The van der Waals surface area contributed by atoms with Crippen molar-refractivity contribution in [1.29, 1.82) is 0 Å². The van der Waals surface area contributed by atoms with Crippen molar-refractivity contribution < 1.29 is 0 Å². The minimum absolute atomic E-state index is 0.413. The highest BCUT2D eigenvalue weighted by atomic mass is 14.9. The molecule has 14 heavy (non-hydrogen) atoms. The molecular formula is C12H28N2. The van der Waals surface area contributed by atoms with E-state index in [9.17, 15) is 0 Å². The molecule has 0 aromatic rings. The molecule has 0 bridgehead atoms. The van der Waals surface area contributed by atoms with E-state index in [-0.39, 0.29) is 0 Å². The average molecular weight is 200 g/mol. The first-order chi connectivity index (χ1) is 6.43. The van der Waals surface area contributed by atoms with Crippen LogP contribution in [0.2, 0.25) is 0 Å². The number of nitrogens with two attached hydrogens (primary N) is 1. The largest absolute Gasteiger partial charge is 0.330 e. The Morgan fingerprint density at radius 2 is 1.86 bits per heavy atom. The van der Waals surface area contributed by atoms with Crippen LogP contribution in [0.25, 0.3) is 0 Å². The standard InChI is InChI=1S/C12H28N2/c1-6-12(4,5)9-14-8-11(7-13)10(2)3/h10-11,14H,6-9,13H2,1-5H3. The summed E-state index contributed by atoms with van der Waals surface area (Å²) in [7, 11) is 0. The molecule has 0 saturated heterocycles. The third-order valence-corrected chi connectivity index (χ3v) is 3.21. The maximum atomic E-state index is 5.72. The fourth-order valence-electron chi connectivity index (χ4n) is 1.31. The van der Waals surface area contributed by atoms with Crippen LogP contribution < -0.4 is 11.1 Å². The van der Waals surface area contributed by atoms with Crippen LogP contribution in [0, 0.1) is 17.3 Å². The molecule has 0 spiro atoms. The van der Waals surface area contributed by atoms with Gasteiger partial charge in [0.2, 0.25) is 0 Å². The molecular weight excluding hydrogens is 172 g/mol. The zero-order chi connectivity index (χ0) is 11.2. The summed E-state index contributed by atoms with van der Waals surface area (Å²) in [4.78, 5) is 0. The van der Waals surface area contributed by atoms with Crippen molar-refractivity contribution >= 4 is 0 Å². The first kappa shape index (κ1) is 13.9. The number of nitrogens with one attached hydrogen (secondary N) is 1. The predicted octanol–water partition coefficient (Wildman–Crippen LogP) is 2.24. The first-order valence-corrected chi connectivity index (χ1v) is 5.83. The molecule has 0 rings (SSSR count). The lowest BCUT2D eigenvalue weighted by molar-refractivity contribution is 0.297. The Bertz CT molecular complexity index is 141. The maximum Gasteiger partial charge on any atom is 0.000254 e. The summed E-state index contributed by atoms with van der Waals surface area (Å²) in [6.07, 6.45) is 1.22. The molecule has 2 heteroatoms. The Balaban J connectivity index is 3.71. The van der Waals surface area contributed by atoms with Crippen LogP contribution >= 0.6 is 0 Å². The molecule has 0 aliphatic heterocycles. The van der Waals surface area contributed by atoms with Crippen molar-refractivity contribution in [3.63, 3.8) is 0 Å². The van der Waals surface area contributed by atoms with Crippen molar-refractivity contribution in [3.05, 3.63) is 0 Å². The lowest BCUT2D eigenvalue weighted by atomic mass is 9.89. The summed E-state index contributed by atoms with van der Waals surface area (Å²) in [6, 6.07) is 0. The monoisotopic (exact) mass is 200 g/mol. The molecule has 0 saturated carbocycles. The molecule has 1 unspecified atom stereocenters. The summed E-state index contributed by atoms with van der Waals surface area (Å²) in [5, 5.41) is 3.53. The minimum Gasteiger partial charge on any atom is -0.330 e. The van der Waals surface area contributed by atoms with Gasteiger partial charge in [0.05, 0.1) is 0 Å². The van der Waals surface area contributed by atoms with Gasteiger partial charge in [-0.15, -0.1) is 0 Å². The highest BCUT2D eigenvalue weighted by Crippen LogP contribution is 2.18. The Hall–Kier alpha value is -0.0800. The molecule has 0 amide bonds. The van der Waals surface area contributed by atoms with Crippen molar-refractivity contribution in [2.45, 2.75) is 41.0 Å². The van der Waals surface area contributed by atoms with Gasteiger partial charge < -0.3 is 11.1 Å². The molecule has 2 nitrogen and oxygen atoms in total. The summed E-state index contributed by atoms with van der Waals surface area (Å²) in [5.41, 5.74) is 6.13. The van der Waals surface area contributed by atoms with Gasteiger partial charge in [0.25, 0.3) is 0 Å². The lowest BCUT2D eigenvalue weighted by Crippen LogP contribution is -2.36. The van der Waals surface area contributed by atoms with E-state index < -0.39 is 0 Å². The van der Waals surface area contributed by atoms with Gasteiger partial charge in [0.15, 0.2) is 0 Å². The summed E-state index contributed by atoms with van der Waals surface area (Å²) in [5.74, 6) is 1.29. The van der Waals surface area contributed by atoms with Gasteiger partial charge in [-0.2, -0.15) is 0 Å². The molecule has 0 heterocycles. The predicted molar refractivity (Wildman–Crippen MR) is 64.3 cm³/mol.